The Morgan fingerprint density at radius 3 is 2.29 bits per heavy atom. The van der Waals surface area contributed by atoms with Gasteiger partial charge in [0.1, 0.15) is 18.0 Å². The van der Waals surface area contributed by atoms with Crippen LogP contribution in [-0.2, 0) is 14.8 Å². The summed E-state index contributed by atoms with van der Waals surface area (Å²) in [4.78, 5) is 13.4. The van der Waals surface area contributed by atoms with Crippen LogP contribution in [0.1, 0.15) is 12.5 Å². The maximum Gasteiger partial charge on any atom is 0.264 e. The van der Waals surface area contributed by atoms with Gasteiger partial charge in [0.05, 0.1) is 22.9 Å². The average molecular weight is 551 g/mol. The Balaban J connectivity index is 1.68. The van der Waals surface area contributed by atoms with Crippen LogP contribution in [0.4, 0.5) is 11.4 Å². The Bertz CT molecular complexity index is 1510. The molecule has 9 heteroatoms. The molecule has 4 rings (SSSR count). The number of ether oxygens (including phenoxy) is 2. The molecule has 0 aromatic heterocycles. The molecule has 0 unspecified atom stereocenters. The molecule has 0 radical (unpaired) electrons. The number of carbonyl (C=O) groups excluding carboxylic acids is 1. The number of nitrogens with zero attached hydrogens (tertiary/aromatic N) is 1. The van der Waals surface area contributed by atoms with Crippen molar-refractivity contribution in [1.29, 1.82) is 0 Å². The molecule has 4 aromatic rings. The number of rotatable bonds is 10. The first-order chi connectivity index (χ1) is 18.3. The van der Waals surface area contributed by atoms with E-state index < -0.39 is 22.5 Å². The third-order valence-electron chi connectivity index (χ3n) is 5.52. The molecule has 0 fully saturated rings. The van der Waals surface area contributed by atoms with Gasteiger partial charge < -0.3 is 14.8 Å². The first-order valence-electron chi connectivity index (χ1n) is 11.9. The van der Waals surface area contributed by atoms with Gasteiger partial charge in [-0.3, -0.25) is 9.10 Å². The lowest BCUT2D eigenvalue weighted by Crippen LogP contribution is -2.38. The quantitative estimate of drug-likeness (QED) is 0.238. The second kappa shape index (κ2) is 12.0. The van der Waals surface area contributed by atoms with Crippen molar-refractivity contribution in [2.24, 2.45) is 0 Å². The van der Waals surface area contributed by atoms with E-state index in [2.05, 4.69) is 5.32 Å². The van der Waals surface area contributed by atoms with Crippen molar-refractivity contribution in [3.05, 3.63) is 108 Å². The van der Waals surface area contributed by atoms with Gasteiger partial charge >= 0.3 is 0 Å². The third-order valence-corrected chi connectivity index (χ3v) is 7.53. The average Bonchev–Trinajstić information content (AvgIpc) is 2.90. The predicted octanol–water partition coefficient (Wildman–Crippen LogP) is 6.67. The Morgan fingerprint density at radius 2 is 1.58 bits per heavy atom. The van der Waals surface area contributed by atoms with E-state index in [9.17, 15) is 13.2 Å². The van der Waals surface area contributed by atoms with Crippen molar-refractivity contribution < 1.29 is 22.7 Å². The van der Waals surface area contributed by atoms with Gasteiger partial charge in [-0.1, -0.05) is 59.6 Å². The highest BCUT2D eigenvalue weighted by atomic mass is 35.5. The van der Waals surface area contributed by atoms with Crippen LogP contribution in [0, 0.1) is 6.92 Å². The first kappa shape index (κ1) is 27.0. The minimum absolute atomic E-state index is 0.0538. The summed E-state index contributed by atoms with van der Waals surface area (Å²) in [6, 6.07) is 27.0. The number of anilines is 2. The molecule has 1 amide bonds. The summed E-state index contributed by atoms with van der Waals surface area (Å²) in [6.45, 7) is 3.48. The number of halogens is 1. The van der Waals surface area contributed by atoms with E-state index >= 15 is 0 Å². The summed E-state index contributed by atoms with van der Waals surface area (Å²) < 4.78 is 40.3. The van der Waals surface area contributed by atoms with Crippen LogP contribution in [0.25, 0.3) is 0 Å². The molecule has 0 heterocycles. The van der Waals surface area contributed by atoms with Crippen LogP contribution in [0.5, 0.6) is 17.2 Å². The fourth-order valence-corrected chi connectivity index (χ4v) is 5.31. The summed E-state index contributed by atoms with van der Waals surface area (Å²) in [7, 11) is -4.13. The fourth-order valence-electron chi connectivity index (χ4n) is 3.70. The van der Waals surface area contributed by atoms with E-state index in [1.165, 1.54) is 12.1 Å². The van der Waals surface area contributed by atoms with Crippen LogP contribution in [-0.4, -0.2) is 27.5 Å². The lowest BCUT2D eigenvalue weighted by molar-refractivity contribution is -0.114. The molecule has 0 aliphatic carbocycles. The van der Waals surface area contributed by atoms with Crippen LogP contribution < -0.4 is 19.1 Å². The van der Waals surface area contributed by atoms with Gasteiger partial charge in [0, 0.05) is 5.02 Å². The first-order valence-corrected chi connectivity index (χ1v) is 13.7. The summed E-state index contributed by atoms with van der Waals surface area (Å²) in [6.07, 6.45) is 0. The van der Waals surface area contributed by atoms with Crippen molar-refractivity contribution in [3.63, 3.8) is 0 Å². The normalized spacial score (nSPS) is 11.0. The largest absolute Gasteiger partial charge is 0.492 e. The van der Waals surface area contributed by atoms with Gasteiger partial charge in [0.15, 0.2) is 5.75 Å². The molecule has 196 valence electrons. The monoisotopic (exact) mass is 550 g/mol. The number of sulfonamides is 1. The van der Waals surface area contributed by atoms with Crippen LogP contribution in [0.15, 0.2) is 102 Å². The van der Waals surface area contributed by atoms with E-state index in [1.54, 1.807) is 73.7 Å². The zero-order chi connectivity index (χ0) is 27.1. The predicted molar refractivity (Wildman–Crippen MR) is 150 cm³/mol. The Kier molecular flexibility index (Phi) is 8.55. The van der Waals surface area contributed by atoms with E-state index in [0.29, 0.717) is 34.6 Å². The smallest absolute Gasteiger partial charge is 0.264 e. The zero-order valence-corrected chi connectivity index (χ0v) is 22.5. The highest BCUT2D eigenvalue weighted by molar-refractivity contribution is 7.92. The number of nitrogens with one attached hydrogen (secondary N) is 1. The minimum atomic E-state index is -4.13. The van der Waals surface area contributed by atoms with E-state index in [4.69, 9.17) is 21.1 Å². The standard InChI is InChI=1S/C29H27ClN2O5S/c1-3-36-28-12-8-7-11-26(28)32(38(34,35)24-16-13-21(2)14-17-24)20-29(33)31-25-19-22(30)15-18-27(25)37-23-9-5-4-6-10-23/h4-19H,3,20H2,1-2H3,(H,31,33). The highest BCUT2D eigenvalue weighted by Gasteiger charge is 2.29. The van der Waals surface area contributed by atoms with Crippen molar-refractivity contribution in [3.8, 4) is 17.2 Å². The van der Waals surface area contributed by atoms with E-state index in [-0.39, 0.29) is 10.6 Å². The number of para-hydroxylation sites is 3. The van der Waals surface area contributed by atoms with Crippen LogP contribution in [0.2, 0.25) is 5.02 Å². The van der Waals surface area contributed by atoms with E-state index in [0.717, 1.165) is 9.87 Å². The lowest BCUT2D eigenvalue weighted by Gasteiger charge is -2.26. The Hall–Kier alpha value is -4.01. The maximum atomic E-state index is 13.8. The minimum Gasteiger partial charge on any atom is -0.492 e. The third kappa shape index (κ3) is 6.45. The number of carbonyl (C=O) groups is 1. The van der Waals surface area contributed by atoms with Crippen molar-refractivity contribution in [1.82, 2.24) is 0 Å². The molecule has 0 atom stereocenters. The fraction of sp³-hybridized carbons (Fsp3) is 0.138. The van der Waals surface area contributed by atoms with Gasteiger partial charge in [-0.15, -0.1) is 0 Å². The molecular weight excluding hydrogens is 524 g/mol. The molecule has 0 bridgehead atoms. The number of benzene rings is 4. The van der Waals surface area contributed by atoms with Gasteiger partial charge in [0.25, 0.3) is 10.0 Å². The van der Waals surface area contributed by atoms with Crippen molar-refractivity contribution >= 4 is 38.9 Å². The topological polar surface area (TPSA) is 84.9 Å². The van der Waals surface area contributed by atoms with Gasteiger partial charge in [0.2, 0.25) is 5.91 Å². The zero-order valence-electron chi connectivity index (χ0n) is 20.9. The number of hydrogen-bond donors (Lipinski definition) is 1. The molecule has 0 aliphatic heterocycles. The van der Waals surface area contributed by atoms with Gasteiger partial charge in [-0.25, -0.2) is 8.42 Å². The second-order valence-electron chi connectivity index (χ2n) is 8.33. The lowest BCUT2D eigenvalue weighted by atomic mass is 10.2. The molecule has 38 heavy (non-hydrogen) atoms. The van der Waals surface area contributed by atoms with Crippen LogP contribution >= 0.6 is 11.6 Å². The molecule has 4 aromatic carbocycles. The van der Waals surface area contributed by atoms with Crippen molar-refractivity contribution in [2.45, 2.75) is 18.7 Å². The summed E-state index contributed by atoms with van der Waals surface area (Å²) in [5.41, 5.74) is 1.46. The van der Waals surface area contributed by atoms with Gasteiger partial charge in [-0.05, 0) is 68.4 Å². The molecule has 7 nitrogen and oxygen atoms in total. The summed E-state index contributed by atoms with van der Waals surface area (Å²) in [5.74, 6) is 0.678. The Morgan fingerprint density at radius 1 is 0.895 bits per heavy atom. The van der Waals surface area contributed by atoms with Crippen molar-refractivity contribution in [2.75, 3.05) is 22.8 Å². The van der Waals surface area contributed by atoms with Crippen LogP contribution in [0.3, 0.4) is 0 Å². The molecule has 1 N–H and O–H groups in total. The summed E-state index contributed by atoms with van der Waals surface area (Å²) in [5, 5.41) is 3.14. The molecule has 0 spiro atoms. The second-order valence-corrected chi connectivity index (χ2v) is 10.6. The number of hydrogen-bond acceptors (Lipinski definition) is 5. The highest BCUT2D eigenvalue weighted by Crippen LogP contribution is 2.34. The SMILES string of the molecule is CCOc1ccccc1N(CC(=O)Nc1cc(Cl)ccc1Oc1ccccc1)S(=O)(=O)c1ccc(C)cc1. The number of amides is 1. The maximum absolute atomic E-state index is 13.8. The molecule has 0 aliphatic rings. The number of aryl methyl sites for hydroxylation is 1. The molecular formula is C29H27ClN2O5S. The molecule has 0 saturated carbocycles. The van der Waals surface area contributed by atoms with E-state index in [1.807, 2.05) is 25.1 Å². The summed E-state index contributed by atoms with van der Waals surface area (Å²) >= 11 is 6.20. The van der Waals surface area contributed by atoms with Gasteiger partial charge in [-0.2, -0.15) is 0 Å². The Labute approximate surface area is 227 Å². The molecule has 0 saturated heterocycles.